The molecule has 1 fully saturated rings. The van der Waals surface area contributed by atoms with Gasteiger partial charge in [-0.2, -0.15) is 9.50 Å². The Morgan fingerprint density at radius 3 is 2.73 bits per heavy atom. The smallest absolute Gasteiger partial charge is 0.251 e. The summed E-state index contributed by atoms with van der Waals surface area (Å²) >= 11 is 0. The fourth-order valence-electron chi connectivity index (χ4n) is 3.11. The van der Waals surface area contributed by atoms with E-state index in [1.54, 1.807) is 23.7 Å². The van der Waals surface area contributed by atoms with Crippen LogP contribution in [0.3, 0.4) is 0 Å². The first kappa shape index (κ1) is 16.3. The Morgan fingerprint density at radius 2 is 2.04 bits per heavy atom. The van der Waals surface area contributed by atoms with Crippen LogP contribution in [0.1, 0.15) is 16.8 Å². The Labute approximate surface area is 150 Å². The Kier molecular flexibility index (Phi) is 4.18. The molecule has 1 atom stereocenters. The third-order valence-electron chi connectivity index (χ3n) is 4.46. The van der Waals surface area contributed by atoms with Crippen molar-refractivity contribution in [2.45, 2.75) is 12.5 Å². The minimum absolute atomic E-state index is 0.125. The van der Waals surface area contributed by atoms with Crippen LogP contribution >= 0.6 is 0 Å². The minimum atomic E-state index is -0.301. The molecule has 1 unspecified atom stereocenters. The molecule has 0 spiro atoms. The number of anilines is 3. The molecule has 26 heavy (non-hydrogen) atoms. The number of benzene rings is 1. The van der Waals surface area contributed by atoms with Gasteiger partial charge in [0.25, 0.3) is 5.91 Å². The molecule has 3 N–H and O–H groups in total. The third kappa shape index (κ3) is 3.06. The molecule has 3 heterocycles. The summed E-state index contributed by atoms with van der Waals surface area (Å²) in [5, 5.41) is 20.1. The molecule has 0 aliphatic carbocycles. The van der Waals surface area contributed by atoms with Gasteiger partial charge in [0.05, 0.1) is 6.10 Å². The van der Waals surface area contributed by atoms with Crippen molar-refractivity contribution in [1.82, 2.24) is 19.9 Å². The number of aliphatic hydroxyl groups excluding tert-OH is 1. The van der Waals surface area contributed by atoms with E-state index >= 15 is 0 Å². The summed E-state index contributed by atoms with van der Waals surface area (Å²) in [4.78, 5) is 18.2. The Bertz CT molecular complexity index is 937. The summed E-state index contributed by atoms with van der Waals surface area (Å²) in [7, 11) is 1.60. The maximum Gasteiger partial charge on any atom is 0.251 e. The highest BCUT2D eigenvalue weighted by Gasteiger charge is 2.22. The normalized spacial score (nSPS) is 16.8. The fraction of sp³-hybridized carbons (Fsp3) is 0.278. The van der Waals surface area contributed by atoms with Crippen LogP contribution in [-0.2, 0) is 0 Å². The molecule has 0 bridgehead atoms. The molecule has 0 saturated carbocycles. The Hall–Kier alpha value is -3.13. The second kappa shape index (κ2) is 6.64. The Morgan fingerprint density at radius 1 is 1.23 bits per heavy atom. The highest BCUT2D eigenvalue weighted by atomic mass is 16.3. The number of hydrogen-bond acceptors (Lipinski definition) is 6. The van der Waals surface area contributed by atoms with Crippen molar-refractivity contribution in [2.75, 3.05) is 30.4 Å². The minimum Gasteiger partial charge on any atom is -0.391 e. The second-order valence-electron chi connectivity index (χ2n) is 6.26. The van der Waals surface area contributed by atoms with Crippen molar-refractivity contribution in [3.8, 4) is 0 Å². The molecule has 3 aromatic rings. The number of aromatic nitrogens is 3. The van der Waals surface area contributed by atoms with E-state index in [2.05, 4.69) is 25.6 Å². The molecular weight excluding hydrogens is 332 g/mol. The van der Waals surface area contributed by atoms with Crippen LogP contribution in [0.5, 0.6) is 0 Å². The van der Waals surface area contributed by atoms with Crippen molar-refractivity contribution >= 4 is 29.0 Å². The van der Waals surface area contributed by atoms with E-state index in [-0.39, 0.29) is 12.0 Å². The first-order valence-electron chi connectivity index (χ1n) is 8.52. The lowest BCUT2D eigenvalue weighted by Gasteiger charge is -2.17. The van der Waals surface area contributed by atoms with Crippen LogP contribution in [0.4, 0.5) is 17.5 Å². The van der Waals surface area contributed by atoms with E-state index in [1.165, 1.54) is 0 Å². The number of carbonyl (C=O) groups excluding carboxylic acids is 1. The van der Waals surface area contributed by atoms with Gasteiger partial charge in [-0.05, 0) is 42.8 Å². The molecule has 1 saturated heterocycles. The number of carbonyl (C=O) groups is 1. The second-order valence-corrected chi connectivity index (χ2v) is 6.26. The van der Waals surface area contributed by atoms with Crippen molar-refractivity contribution in [3.63, 3.8) is 0 Å². The van der Waals surface area contributed by atoms with E-state index in [0.29, 0.717) is 18.1 Å². The summed E-state index contributed by atoms with van der Waals surface area (Å²) in [6.45, 7) is 1.40. The number of nitrogens with zero attached hydrogens (tertiary/aromatic N) is 4. The number of rotatable bonds is 4. The molecular formula is C18H20N6O2. The van der Waals surface area contributed by atoms with E-state index in [4.69, 9.17) is 0 Å². The van der Waals surface area contributed by atoms with Crippen LogP contribution in [0.2, 0.25) is 0 Å². The Balaban J connectivity index is 1.59. The summed E-state index contributed by atoms with van der Waals surface area (Å²) in [5.74, 6) is 1.26. The lowest BCUT2D eigenvalue weighted by molar-refractivity contribution is 0.0963. The number of β-amino-alcohol motifs (C(OH)–C–C–N with tert-alkyl or cyclic N) is 1. The quantitative estimate of drug-likeness (QED) is 0.657. The van der Waals surface area contributed by atoms with Gasteiger partial charge in [-0.3, -0.25) is 4.79 Å². The summed E-state index contributed by atoms with van der Waals surface area (Å²) in [6.07, 6.45) is 0.457. The van der Waals surface area contributed by atoms with Gasteiger partial charge < -0.3 is 20.6 Å². The van der Waals surface area contributed by atoms with Gasteiger partial charge in [0.15, 0.2) is 5.65 Å². The van der Waals surface area contributed by atoms with Crippen LogP contribution < -0.4 is 15.5 Å². The third-order valence-corrected chi connectivity index (χ3v) is 4.46. The highest BCUT2D eigenvalue weighted by molar-refractivity contribution is 5.94. The zero-order valence-corrected chi connectivity index (χ0v) is 14.4. The molecule has 1 aliphatic rings. The fourth-order valence-corrected chi connectivity index (χ4v) is 3.11. The van der Waals surface area contributed by atoms with Gasteiger partial charge >= 0.3 is 0 Å². The molecule has 8 heteroatoms. The van der Waals surface area contributed by atoms with Crippen molar-refractivity contribution in [1.29, 1.82) is 0 Å². The topological polar surface area (TPSA) is 94.8 Å². The number of nitrogens with one attached hydrogen (secondary N) is 2. The standard InChI is InChI=1S/C18H20N6O2/c1-19-17(26)12-5-7-13(8-6-12)20-18-21-15-3-2-4-16(24(15)22-18)23-10-9-14(25)11-23/h2-8,14,25H,9-11H2,1H3,(H,19,26)(H,20,22). The lowest BCUT2D eigenvalue weighted by Crippen LogP contribution is -2.23. The zero-order valence-electron chi connectivity index (χ0n) is 14.4. The molecule has 2 aromatic heterocycles. The number of fused-ring (bicyclic) bond motifs is 1. The van der Waals surface area contributed by atoms with Crippen LogP contribution in [0, 0.1) is 0 Å². The maximum absolute atomic E-state index is 11.6. The molecule has 8 nitrogen and oxygen atoms in total. The average Bonchev–Trinajstić information content (AvgIpc) is 3.27. The molecule has 0 radical (unpaired) electrons. The van der Waals surface area contributed by atoms with E-state index in [9.17, 15) is 9.90 Å². The highest BCUT2D eigenvalue weighted by Crippen LogP contribution is 2.23. The van der Waals surface area contributed by atoms with Gasteiger partial charge in [0, 0.05) is 31.4 Å². The molecule has 1 aromatic carbocycles. The van der Waals surface area contributed by atoms with E-state index < -0.39 is 0 Å². The van der Waals surface area contributed by atoms with Crippen molar-refractivity contribution < 1.29 is 9.90 Å². The average molecular weight is 352 g/mol. The molecule has 1 aliphatic heterocycles. The first-order valence-corrected chi connectivity index (χ1v) is 8.52. The molecule has 4 rings (SSSR count). The van der Waals surface area contributed by atoms with Crippen molar-refractivity contribution in [2.24, 2.45) is 0 Å². The number of aliphatic hydroxyl groups is 1. The van der Waals surface area contributed by atoms with Crippen LogP contribution in [0.15, 0.2) is 42.5 Å². The van der Waals surface area contributed by atoms with E-state index in [1.807, 2.05) is 30.3 Å². The first-order chi connectivity index (χ1) is 12.6. The lowest BCUT2D eigenvalue weighted by atomic mass is 10.2. The zero-order chi connectivity index (χ0) is 18.1. The number of amides is 1. The largest absolute Gasteiger partial charge is 0.391 e. The van der Waals surface area contributed by atoms with Crippen LogP contribution in [-0.4, -0.2) is 51.9 Å². The SMILES string of the molecule is CNC(=O)c1ccc(Nc2nc3cccc(N4CCC(O)C4)n3n2)cc1. The summed E-state index contributed by atoms with van der Waals surface area (Å²) < 4.78 is 1.78. The van der Waals surface area contributed by atoms with Gasteiger partial charge in [0.2, 0.25) is 5.95 Å². The maximum atomic E-state index is 11.6. The van der Waals surface area contributed by atoms with Crippen molar-refractivity contribution in [3.05, 3.63) is 48.0 Å². The van der Waals surface area contributed by atoms with Gasteiger partial charge in [0.1, 0.15) is 5.82 Å². The predicted molar refractivity (Wildman–Crippen MR) is 98.9 cm³/mol. The van der Waals surface area contributed by atoms with E-state index in [0.717, 1.165) is 30.1 Å². The molecule has 1 amide bonds. The van der Waals surface area contributed by atoms with Gasteiger partial charge in [-0.15, -0.1) is 5.10 Å². The number of hydrogen-bond donors (Lipinski definition) is 3. The monoisotopic (exact) mass is 352 g/mol. The summed E-state index contributed by atoms with van der Waals surface area (Å²) in [5.41, 5.74) is 2.12. The number of pyridine rings is 1. The molecule has 134 valence electrons. The van der Waals surface area contributed by atoms with Gasteiger partial charge in [-0.25, -0.2) is 0 Å². The van der Waals surface area contributed by atoms with Gasteiger partial charge in [-0.1, -0.05) is 6.07 Å². The predicted octanol–water partition coefficient (Wildman–Crippen LogP) is 1.40. The van der Waals surface area contributed by atoms with Crippen LogP contribution in [0.25, 0.3) is 5.65 Å². The summed E-state index contributed by atoms with van der Waals surface area (Å²) in [6, 6.07) is 12.9.